The summed E-state index contributed by atoms with van der Waals surface area (Å²) in [7, 11) is 0. The quantitative estimate of drug-likeness (QED) is 0.801. The minimum Gasteiger partial charge on any atom is -0.388 e. The SMILES string of the molecule is CCC1CCC(C(O)c2cc(Cl)sc2Cl)CC1. The minimum absolute atomic E-state index is 0.348. The zero-order valence-corrected chi connectivity index (χ0v) is 12.3. The summed E-state index contributed by atoms with van der Waals surface area (Å²) in [4.78, 5) is 0. The van der Waals surface area contributed by atoms with Crippen LogP contribution in [0.5, 0.6) is 0 Å². The van der Waals surface area contributed by atoms with Gasteiger partial charge in [-0.1, -0.05) is 49.4 Å². The summed E-state index contributed by atoms with van der Waals surface area (Å²) >= 11 is 13.3. The third kappa shape index (κ3) is 3.17. The Morgan fingerprint density at radius 1 is 1.35 bits per heavy atom. The van der Waals surface area contributed by atoms with Gasteiger partial charge in [0.2, 0.25) is 0 Å². The summed E-state index contributed by atoms with van der Waals surface area (Å²) < 4.78 is 1.30. The highest BCUT2D eigenvalue weighted by atomic mass is 35.5. The topological polar surface area (TPSA) is 20.2 Å². The highest BCUT2D eigenvalue weighted by molar-refractivity contribution is 7.20. The van der Waals surface area contributed by atoms with Gasteiger partial charge in [0.1, 0.15) is 4.34 Å². The first kappa shape index (κ1) is 13.7. The van der Waals surface area contributed by atoms with Crippen LogP contribution in [0.25, 0.3) is 0 Å². The van der Waals surface area contributed by atoms with Gasteiger partial charge in [0.25, 0.3) is 0 Å². The molecule has 0 saturated heterocycles. The molecule has 1 aliphatic carbocycles. The molecule has 0 aromatic carbocycles. The summed E-state index contributed by atoms with van der Waals surface area (Å²) in [5, 5.41) is 10.4. The minimum atomic E-state index is -0.441. The van der Waals surface area contributed by atoms with E-state index in [1.165, 1.54) is 30.6 Å². The molecule has 1 unspecified atom stereocenters. The Bertz CT molecular complexity index is 369. The normalized spacial score (nSPS) is 27.1. The average molecular weight is 293 g/mol. The number of halogens is 2. The number of hydrogen-bond acceptors (Lipinski definition) is 2. The van der Waals surface area contributed by atoms with E-state index in [4.69, 9.17) is 23.2 Å². The van der Waals surface area contributed by atoms with Crippen LogP contribution in [-0.4, -0.2) is 5.11 Å². The van der Waals surface area contributed by atoms with Gasteiger partial charge in [0, 0.05) is 5.56 Å². The Labute approximate surface area is 117 Å². The molecule has 96 valence electrons. The van der Waals surface area contributed by atoms with Crippen molar-refractivity contribution in [1.82, 2.24) is 0 Å². The lowest BCUT2D eigenvalue weighted by molar-refractivity contribution is 0.0733. The van der Waals surface area contributed by atoms with Crippen molar-refractivity contribution in [2.75, 3.05) is 0 Å². The lowest BCUT2D eigenvalue weighted by Crippen LogP contribution is -2.20. The van der Waals surface area contributed by atoms with E-state index in [-0.39, 0.29) is 0 Å². The van der Waals surface area contributed by atoms with Crippen molar-refractivity contribution in [2.24, 2.45) is 11.8 Å². The fourth-order valence-electron chi connectivity index (χ4n) is 2.72. The van der Waals surface area contributed by atoms with Crippen molar-refractivity contribution in [1.29, 1.82) is 0 Å². The molecule has 0 radical (unpaired) electrons. The van der Waals surface area contributed by atoms with Crippen LogP contribution < -0.4 is 0 Å². The maximum atomic E-state index is 10.4. The van der Waals surface area contributed by atoms with Crippen LogP contribution in [0, 0.1) is 11.8 Å². The molecule has 0 aliphatic heterocycles. The Hall–Kier alpha value is 0.240. The fraction of sp³-hybridized carbons (Fsp3) is 0.692. The maximum Gasteiger partial charge on any atom is 0.100 e. The van der Waals surface area contributed by atoms with Crippen LogP contribution in [0.4, 0.5) is 0 Å². The van der Waals surface area contributed by atoms with Gasteiger partial charge in [0.05, 0.1) is 10.4 Å². The van der Waals surface area contributed by atoms with Gasteiger partial charge >= 0.3 is 0 Å². The molecule has 0 bridgehead atoms. The van der Waals surface area contributed by atoms with Crippen LogP contribution in [0.3, 0.4) is 0 Å². The van der Waals surface area contributed by atoms with Gasteiger partial charge in [-0.2, -0.15) is 0 Å². The maximum absolute atomic E-state index is 10.4. The summed E-state index contributed by atoms with van der Waals surface area (Å²) in [5.74, 6) is 1.20. The molecule has 0 amide bonds. The van der Waals surface area contributed by atoms with Gasteiger partial charge in [0.15, 0.2) is 0 Å². The molecule has 1 aromatic rings. The molecule has 1 N–H and O–H groups in total. The molecule has 1 fully saturated rings. The third-order valence-electron chi connectivity index (χ3n) is 3.92. The first-order valence-corrected chi connectivity index (χ1v) is 7.81. The number of hydrogen-bond donors (Lipinski definition) is 1. The van der Waals surface area contributed by atoms with Gasteiger partial charge in [-0.15, -0.1) is 11.3 Å². The second kappa shape index (κ2) is 5.92. The molecule has 0 spiro atoms. The van der Waals surface area contributed by atoms with Gasteiger partial charge in [-0.3, -0.25) is 0 Å². The third-order valence-corrected chi connectivity index (χ3v) is 5.43. The average Bonchev–Trinajstić information content (AvgIpc) is 2.68. The van der Waals surface area contributed by atoms with Crippen LogP contribution in [0.1, 0.15) is 50.7 Å². The molecule has 17 heavy (non-hydrogen) atoms. The van der Waals surface area contributed by atoms with Gasteiger partial charge in [-0.05, 0) is 30.7 Å². The van der Waals surface area contributed by atoms with Crippen molar-refractivity contribution < 1.29 is 5.11 Å². The largest absolute Gasteiger partial charge is 0.388 e. The molecule has 1 nitrogen and oxygen atoms in total. The smallest absolute Gasteiger partial charge is 0.100 e. The molecule has 4 heteroatoms. The highest BCUT2D eigenvalue weighted by Crippen LogP contribution is 2.42. The van der Waals surface area contributed by atoms with E-state index >= 15 is 0 Å². The van der Waals surface area contributed by atoms with E-state index in [1.54, 1.807) is 0 Å². The van der Waals surface area contributed by atoms with Crippen molar-refractivity contribution in [3.63, 3.8) is 0 Å². The predicted molar refractivity (Wildman–Crippen MR) is 75.0 cm³/mol. The molecule has 2 rings (SSSR count). The van der Waals surface area contributed by atoms with E-state index in [1.807, 2.05) is 6.07 Å². The molecule has 1 saturated carbocycles. The molecular weight excluding hydrogens is 275 g/mol. The zero-order valence-electron chi connectivity index (χ0n) is 9.96. The Kier molecular flexibility index (Phi) is 4.76. The fourth-order valence-corrected chi connectivity index (χ4v) is 4.26. The summed E-state index contributed by atoms with van der Waals surface area (Å²) in [6, 6.07) is 1.81. The predicted octanol–water partition coefficient (Wildman–Crippen LogP) is 5.30. The number of aliphatic hydroxyl groups excluding tert-OH is 1. The van der Waals surface area contributed by atoms with Crippen molar-refractivity contribution in [3.05, 3.63) is 20.3 Å². The molecular formula is C13H18Cl2OS. The molecule has 1 heterocycles. The standard InChI is InChI=1S/C13H18Cl2OS/c1-2-8-3-5-9(6-4-8)12(16)10-7-11(14)17-13(10)15/h7-9,12,16H,2-6H2,1H3. The second-order valence-electron chi connectivity index (χ2n) is 4.91. The second-order valence-corrected chi connectivity index (χ2v) is 7.20. The van der Waals surface area contributed by atoms with Crippen LogP contribution in [0.15, 0.2) is 6.07 Å². The number of aliphatic hydroxyl groups is 1. The van der Waals surface area contributed by atoms with Gasteiger partial charge < -0.3 is 5.11 Å². The lowest BCUT2D eigenvalue weighted by atomic mass is 9.77. The van der Waals surface area contributed by atoms with Crippen LogP contribution in [-0.2, 0) is 0 Å². The first-order chi connectivity index (χ1) is 8.11. The van der Waals surface area contributed by atoms with Crippen molar-refractivity contribution >= 4 is 34.5 Å². The zero-order chi connectivity index (χ0) is 12.4. The van der Waals surface area contributed by atoms with Crippen molar-refractivity contribution in [2.45, 2.75) is 45.1 Å². The monoisotopic (exact) mass is 292 g/mol. The van der Waals surface area contributed by atoms with E-state index in [9.17, 15) is 5.11 Å². The molecule has 1 aromatic heterocycles. The van der Waals surface area contributed by atoms with E-state index < -0.39 is 6.10 Å². The van der Waals surface area contributed by atoms with Crippen LogP contribution >= 0.6 is 34.5 Å². The Balaban J connectivity index is 2.01. The first-order valence-electron chi connectivity index (χ1n) is 6.24. The van der Waals surface area contributed by atoms with E-state index in [0.717, 1.165) is 24.3 Å². The molecule has 1 aliphatic rings. The summed E-state index contributed by atoms with van der Waals surface area (Å²) in [6.07, 6.45) is 5.48. The number of rotatable bonds is 3. The Morgan fingerprint density at radius 3 is 2.47 bits per heavy atom. The summed E-state index contributed by atoms with van der Waals surface area (Å²) in [5.41, 5.74) is 0.821. The van der Waals surface area contributed by atoms with E-state index in [2.05, 4.69) is 6.92 Å². The number of thiophene rings is 1. The highest BCUT2D eigenvalue weighted by Gasteiger charge is 2.28. The lowest BCUT2D eigenvalue weighted by Gasteiger charge is -2.30. The van der Waals surface area contributed by atoms with Crippen LogP contribution in [0.2, 0.25) is 8.67 Å². The van der Waals surface area contributed by atoms with E-state index in [0.29, 0.717) is 14.6 Å². The van der Waals surface area contributed by atoms with Crippen molar-refractivity contribution in [3.8, 4) is 0 Å². The Morgan fingerprint density at radius 2 is 2.00 bits per heavy atom. The van der Waals surface area contributed by atoms with Gasteiger partial charge in [-0.25, -0.2) is 0 Å². The summed E-state index contributed by atoms with van der Waals surface area (Å²) in [6.45, 7) is 2.25. The molecule has 1 atom stereocenters.